The molecule has 1 N–H and O–H groups in total. The maximum Gasteiger partial charge on any atom is 0.224 e. The lowest BCUT2D eigenvalue weighted by Crippen LogP contribution is -2.48. The summed E-state index contributed by atoms with van der Waals surface area (Å²) in [6.45, 7) is 3.31. The van der Waals surface area contributed by atoms with Crippen LogP contribution >= 0.6 is 0 Å². The van der Waals surface area contributed by atoms with E-state index in [1.165, 1.54) is 19.3 Å². The van der Waals surface area contributed by atoms with Crippen molar-refractivity contribution in [2.24, 2.45) is 0 Å². The molecular formula is C16H26N2O2. The van der Waals surface area contributed by atoms with Crippen LogP contribution in [0.1, 0.15) is 51.2 Å². The van der Waals surface area contributed by atoms with E-state index in [-0.39, 0.29) is 11.4 Å². The van der Waals surface area contributed by atoms with Gasteiger partial charge in [-0.1, -0.05) is 19.3 Å². The Morgan fingerprint density at radius 2 is 2.15 bits per heavy atom. The first kappa shape index (κ1) is 15.1. The average Bonchev–Trinajstić information content (AvgIpc) is 2.98. The van der Waals surface area contributed by atoms with E-state index < -0.39 is 0 Å². The van der Waals surface area contributed by atoms with Crippen LogP contribution in [-0.2, 0) is 11.3 Å². The Morgan fingerprint density at radius 3 is 2.70 bits per heavy atom. The molecule has 0 unspecified atom stereocenters. The van der Waals surface area contributed by atoms with Gasteiger partial charge >= 0.3 is 0 Å². The first-order valence-electron chi connectivity index (χ1n) is 7.68. The maximum absolute atomic E-state index is 12.6. The summed E-state index contributed by atoms with van der Waals surface area (Å²) >= 11 is 0. The number of carbonyl (C=O) groups excluding carboxylic acids is 1. The maximum atomic E-state index is 12.6. The van der Waals surface area contributed by atoms with Gasteiger partial charge in [0.05, 0.1) is 12.8 Å². The van der Waals surface area contributed by atoms with Crippen molar-refractivity contribution in [3.8, 4) is 0 Å². The first-order valence-corrected chi connectivity index (χ1v) is 7.68. The third kappa shape index (κ3) is 3.63. The molecule has 1 heterocycles. The van der Waals surface area contributed by atoms with Gasteiger partial charge in [-0.25, -0.2) is 0 Å². The Labute approximate surface area is 121 Å². The highest BCUT2D eigenvalue weighted by Crippen LogP contribution is 2.31. The van der Waals surface area contributed by atoms with E-state index in [2.05, 4.69) is 5.32 Å². The van der Waals surface area contributed by atoms with Crippen LogP contribution in [0.5, 0.6) is 0 Å². The van der Waals surface area contributed by atoms with Gasteiger partial charge in [-0.2, -0.15) is 0 Å². The largest absolute Gasteiger partial charge is 0.467 e. The monoisotopic (exact) mass is 278 g/mol. The van der Waals surface area contributed by atoms with Gasteiger partial charge < -0.3 is 14.6 Å². The number of furan rings is 1. The van der Waals surface area contributed by atoms with Crippen LogP contribution in [0.2, 0.25) is 0 Å². The zero-order chi connectivity index (χ0) is 14.4. The number of amides is 1. The Hall–Kier alpha value is -1.29. The van der Waals surface area contributed by atoms with Crippen LogP contribution in [0.3, 0.4) is 0 Å². The predicted octanol–water partition coefficient (Wildman–Crippen LogP) is 2.94. The summed E-state index contributed by atoms with van der Waals surface area (Å²) in [6.07, 6.45) is 8.20. The third-order valence-electron chi connectivity index (χ3n) is 4.49. The standard InChI is InChI=1S/C16H26N2O2/c1-3-18(13-14-8-7-11-20-14)15(19)12-16(17-2)9-5-4-6-10-16/h7-8,11,17H,3-6,9-10,12-13H2,1-2H3. The van der Waals surface area contributed by atoms with Crippen LogP contribution in [0.4, 0.5) is 0 Å². The van der Waals surface area contributed by atoms with Gasteiger partial charge in [-0.15, -0.1) is 0 Å². The van der Waals surface area contributed by atoms with Crippen LogP contribution in [0.25, 0.3) is 0 Å². The average molecular weight is 278 g/mol. The van der Waals surface area contributed by atoms with E-state index in [0.717, 1.165) is 25.1 Å². The van der Waals surface area contributed by atoms with Gasteiger partial charge in [-0.05, 0) is 38.9 Å². The molecule has 0 atom stereocenters. The van der Waals surface area contributed by atoms with Gasteiger partial charge in [-0.3, -0.25) is 4.79 Å². The van der Waals surface area contributed by atoms with Crippen molar-refractivity contribution in [3.05, 3.63) is 24.2 Å². The molecule has 1 saturated carbocycles. The van der Waals surface area contributed by atoms with Crippen molar-refractivity contribution in [1.82, 2.24) is 10.2 Å². The highest BCUT2D eigenvalue weighted by atomic mass is 16.3. The van der Waals surface area contributed by atoms with Crippen molar-refractivity contribution in [2.75, 3.05) is 13.6 Å². The summed E-state index contributed by atoms with van der Waals surface area (Å²) in [5, 5.41) is 3.42. The van der Waals surface area contributed by atoms with Crippen LogP contribution in [0, 0.1) is 0 Å². The van der Waals surface area contributed by atoms with Crippen LogP contribution in [-0.4, -0.2) is 29.9 Å². The fourth-order valence-electron chi connectivity index (χ4n) is 3.11. The molecule has 4 heteroatoms. The molecule has 1 amide bonds. The number of carbonyl (C=O) groups is 1. The lowest BCUT2D eigenvalue weighted by Gasteiger charge is -2.38. The Morgan fingerprint density at radius 1 is 1.40 bits per heavy atom. The van der Waals surface area contributed by atoms with Crippen LogP contribution in [0.15, 0.2) is 22.8 Å². The zero-order valence-corrected chi connectivity index (χ0v) is 12.7. The van der Waals surface area contributed by atoms with Crippen molar-refractivity contribution in [2.45, 2.75) is 57.5 Å². The molecule has 20 heavy (non-hydrogen) atoms. The predicted molar refractivity (Wildman–Crippen MR) is 79.3 cm³/mol. The summed E-state index contributed by atoms with van der Waals surface area (Å²) in [7, 11) is 1.99. The SMILES string of the molecule is CCN(Cc1ccco1)C(=O)CC1(NC)CCCCC1. The molecule has 1 fully saturated rings. The van der Waals surface area contributed by atoms with Gasteiger partial charge in [0.1, 0.15) is 5.76 Å². The minimum Gasteiger partial charge on any atom is -0.467 e. The Bertz CT molecular complexity index is 408. The Balaban J connectivity index is 1.97. The molecule has 0 radical (unpaired) electrons. The van der Waals surface area contributed by atoms with Crippen LogP contribution < -0.4 is 5.32 Å². The second kappa shape index (κ2) is 6.93. The quantitative estimate of drug-likeness (QED) is 0.870. The van der Waals surface area contributed by atoms with Gasteiger partial charge in [0, 0.05) is 18.5 Å². The minimum absolute atomic E-state index is 0.00587. The summed E-state index contributed by atoms with van der Waals surface area (Å²) in [5.74, 6) is 1.07. The van der Waals surface area contributed by atoms with E-state index in [1.807, 2.05) is 31.0 Å². The number of rotatable bonds is 6. The normalized spacial score (nSPS) is 17.9. The molecule has 4 nitrogen and oxygen atoms in total. The summed E-state index contributed by atoms with van der Waals surface area (Å²) < 4.78 is 5.35. The second-order valence-electron chi connectivity index (χ2n) is 5.76. The molecule has 0 bridgehead atoms. The number of hydrogen-bond acceptors (Lipinski definition) is 3. The third-order valence-corrected chi connectivity index (χ3v) is 4.49. The fourth-order valence-corrected chi connectivity index (χ4v) is 3.11. The fraction of sp³-hybridized carbons (Fsp3) is 0.688. The number of hydrogen-bond donors (Lipinski definition) is 1. The van der Waals surface area contributed by atoms with E-state index in [9.17, 15) is 4.79 Å². The number of nitrogens with zero attached hydrogens (tertiary/aromatic N) is 1. The number of nitrogens with one attached hydrogen (secondary N) is 1. The van der Waals surface area contributed by atoms with E-state index in [0.29, 0.717) is 13.0 Å². The molecule has 0 saturated heterocycles. The second-order valence-corrected chi connectivity index (χ2v) is 5.76. The van der Waals surface area contributed by atoms with Gasteiger partial charge in [0.25, 0.3) is 0 Å². The molecular weight excluding hydrogens is 252 g/mol. The van der Waals surface area contributed by atoms with E-state index in [1.54, 1.807) is 6.26 Å². The van der Waals surface area contributed by atoms with Crippen molar-refractivity contribution < 1.29 is 9.21 Å². The summed E-state index contributed by atoms with van der Waals surface area (Å²) in [4.78, 5) is 14.5. The molecule has 1 aromatic rings. The topological polar surface area (TPSA) is 45.5 Å². The molecule has 1 aromatic heterocycles. The van der Waals surface area contributed by atoms with Gasteiger partial charge in [0.2, 0.25) is 5.91 Å². The smallest absolute Gasteiger partial charge is 0.224 e. The molecule has 1 aliphatic carbocycles. The lowest BCUT2D eigenvalue weighted by atomic mass is 9.79. The van der Waals surface area contributed by atoms with Crippen molar-refractivity contribution in [3.63, 3.8) is 0 Å². The molecule has 0 spiro atoms. The highest BCUT2D eigenvalue weighted by Gasteiger charge is 2.33. The van der Waals surface area contributed by atoms with Crippen molar-refractivity contribution >= 4 is 5.91 Å². The Kier molecular flexibility index (Phi) is 5.24. The minimum atomic E-state index is 0.00587. The zero-order valence-electron chi connectivity index (χ0n) is 12.7. The first-order chi connectivity index (χ1) is 9.69. The van der Waals surface area contributed by atoms with E-state index in [4.69, 9.17) is 4.42 Å². The van der Waals surface area contributed by atoms with Gasteiger partial charge in [0.15, 0.2) is 0 Å². The molecule has 2 rings (SSSR count). The summed E-state index contributed by atoms with van der Waals surface area (Å²) in [5.41, 5.74) is 0.00587. The molecule has 0 aromatic carbocycles. The lowest BCUT2D eigenvalue weighted by molar-refractivity contribution is -0.133. The van der Waals surface area contributed by atoms with E-state index >= 15 is 0 Å². The highest BCUT2D eigenvalue weighted by molar-refractivity contribution is 5.77. The molecule has 0 aliphatic heterocycles. The molecule has 112 valence electrons. The summed E-state index contributed by atoms with van der Waals surface area (Å²) in [6, 6.07) is 3.79. The van der Waals surface area contributed by atoms with Crippen molar-refractivity contribution in [1.29, 1.82) is 0 Å². The molecule has 1 aliphatic rings.